The van der Waals surface area contributed by atoms with Gasteiger partial charge >= 0.3 is 5.97 Å². The summed E-state index contributed by atoms with van der Waals surface area (Å²) in [6.45, 7) is 0. The Morgan fingerprint density at radius 2 is 1.95 bits per heavy atom. The van der Waals surface area contributed by atoms with Crippen LogP contribution in [0, 0.1) is 0 Å². The summed E-state index contributed by atoms with van der Waals surface area (Å²) in [6.07, 6.45) is 1.31. The van der Waals surface area contributed by atoms with Crippen LogP contribution in [0.25, 0.3) is 11.1 Å². The van der Waals surface area contributed by atoms with Gasteiger partial charge < -0.3 is 10.8 Å². The number of hydrogen-bond donors (Lipinski definition) is 2. The van der Waals surface area contributed by atoms with Gasteiger partial charge in [0.15, 0.2) is 0 Å². The molecule has 2 rings (SSSR count). The van der Waals surface area contributed by atoms with Crippen molar-refractivity contribution in [2.45, 2.75) is 6.42 Å². The van der Waals surface area contributed by atoms with Crippen molar-refractivity contribution >= 4 is 35.0 Å². The lowest BCUT2D eigenvalue weighted by Crippen LogP contribution is -2.04. The first-order chi connectivity index (χ1) is 8.99. The van der Waals surface area contributed by atoms with Crippen LogP contribution < -0.4 is 5.73 Å². The van der Waals surface area contributed by atoms with E-state index in [9.17, 15) is 4.79 Å². The minimum atomic E-state index is -0.963. The number of carboxylic acid groups (broad SMARTS) is 1. The summed E-state index contributed by atoms with van der Waals surface area (Å²) in [4.78, 5) is 14.9. The lowest BCUT2D eigenvalue weighted by Gasteiger charge is -2.11. The van der Waals surface area contributed by atoms with Gasteiger partial charge in [-0.3, -0.25) is 4.79 Å². The Hall–Kier alpha value is -1.78. The molecule has 4 nitrogen and oxygen atoms in total. The molecular weight excluding hydrogens is 287 g/mol. The molecule has 3 N–H and O–H groups in total. The van der Waals surface area contributed by atoms with Crippen LogP contribution in [0.1, 0.15) is 5.56 Å². The Kier molecular flexibility index (Phi) is 3.93. The molecule has 0 bridgehead atoms. The van der Waals surface area contributed by atoms with Gasteiger partial charge in [-0.2, -0.15) is 0 Å². The average molecular weight is 297 g/mol. The summed E-state index contributed by atoms with van der Waals surface area (Å²) >= 11 is 12.2. The molecule has 0 aliphatic heterocycles. The number of anilines is 1. The van der Waals surface area contributed by atoms with E-state index < -0.39 is 5.97 Å². The standard InChI is InChI=1S/C13H10Cl2N2O2/c14-9-2-1-3-10(15)13(9)8-6-17-11(16)4-7(8)5-12(18)19/h1-4,6H,5H2,(H2,16,17)(H,18,19). The zero-order valence-electron chi connectivity index (χ0n) is 9.73. The minimum absolute atomic E-state index is 0.177. The van der Waals surface area contributed by atoms with Gasteiger partial charge in [-0.05, 0) is 23.8 Å². The lowest BCUT2D eigenvalue weighted by molar-refractivity contribution is -0.136. The smallest absolute Gasteiger partial charge is 0.307 e. The number of hydrogen-bond acceptors (Lipinski definition) is 3. The van der Waals surface area contributed by atoms with E-state index in [2.05, 4.69) is 4.98 Å². The van der Waals surface area contributed by atoms with Crippen molar-refractivity contribution in [3.05, 3.63) is 46.1 Å². The molecule has 0 saturated heterocycles. The van der Waals surface area contributed by atoms with Crippen molar-refractivity contribution in [2.75, 3.05) is 5.73 Å². The lowest BCUT2D eigenvalue weighted by atomic mass is 9.99. The summed E-state index contributed by atoms with van der Waals surface area (Å²) in [5.41, 5.74) is 7.25. The van der Waals surface area contributed by atoms with E-state index in [4.69, 9.17) is 34.0 Å². The number of carbonyl (C=O) groups is 1. The first-order valence-corrected chi connectivity index (χ1v) is 6.15. The van der Waals surface area contributed by atoms with E-state index in [1.54, 1.807) is 18.2 Å². The van der Waals surface area contributed by atoms with E-state index in [1.807, 2.05) is 0 Å². The molecule has 1 heterocycles. The molecule has 2 aromatic rings. The molecule has 0 saturated carbocycles. The first-order valence-electron chi connectivity index (χ1n) is 5.39. The van der Waals surface area contributed by atoms with Crippen LogP contribution in [0.3, 0.4) is 0 Å². The fourth-order valence-corrected chi connectivity index (χ4v) is 2.41. The normalized spacial score (nSPS) is 10.4. The average Bonchev–Trinajstić information content (AvgIpc) is 2.30. The third-order valence-corrected chi connectivity index (χ3v) is 3.21. The van der Waals surface area contributed by atoms with Gasteiger partial charge in [-0.15, -0.1) is 0 Å². The van der Waals surface area contributed by atoms with Crippen LogP contribution in [-0.2, 0) is 11.2 Å². The second-order valence-electron chi connectivity index (χ2n) is 3.93. The van der Waals surface area contributed by atoms with Crippen LogP contribution >= 0.6 is 23.2 Å². The Bertz CT molecular complexity index is 624. The predicted molar refractivity (Wildman–Crippen MR) is 75.4 cm³/mol. The van der Waals surface area contributed by atoms with Gasteiger partial charge in [0.1, 0.15) is 5.82 Å². The number of halogens is 2. The van der Waals surface area contributed by atoms with Crippen LogP contribution in [0.15, 0.2) is 30.5 Å². The maximum atomic E-state index is 10.9. The van der Waals surface area contributed by atoms with E-state index in [1.165, 1.54) is 12.3 Å². The highest BCUT2D eigenvalue weighted by atomic mass is 35.5. The fraction of sp³-hybridized carbons (Fsp3) is 0.0769. The second-order valence-corrected chi connectivity index (χ2v) is 4.75. The van der Waals surface area contributed by atoms with Crippen molar-refractivity contribution in [1.82, 2.24) is 4.98 Å². The van der Waals surface area contributed by atoms with Gasteiger partial charge in [0.2, 0.25) is 0 Å². The molecule has 0 amide bonds. The van der Waals surface area contributed by atoms with Crippen molar-refractivity contribution in [3.8, 4) is 11.1 Å². The molecule has 0 unspecified atom stereocenters. The van der Waals surface area contributed by atoms with Gasteiger partial charge in [-0.1, -0.05) is 29.3 Å². The van der Waals surface area contributed by atoms with Gasteiger partial charge in [0.25, 0.3) is 0 Å². The van der Waals surface area contributed by atoms with Crippen LogP contribution in [-0.4, -0.2) is 16.1 Å². The van der Waals surface area contributed by atoms with Crippen LogP contribution in [0.2, 0.25) is 10.0 Å². The molecule has 1 aromatic carbocycles. The summed E-state index contributed by atoms with van der Waals surface area (Å²) in [5, 5.41) is 9.81. The molecular formula is C13H10Cl2N2O2. The van der Waals surface area contributed by atoms with Crippen LogP contribution in [0.4, 0.5) is 5.82 Å². The third-order valence-electron chi connectivity index (χ3n) is 2.58. The quantitative estimate of drug-likeness (QED) is 0.911. The first kappa shape index (κ1) is 13.6. The SMILES string of the molecule is Nc1cc(CC(=O)O)c(-c2c(Cl)cccc2Cl)cn1. The monoisotopic (exact) mass is 296 g/mol. The molecule has 6 heteroatoms. The highest BCUT2D eigenvalue weighted by molar-refractivity contribution is 6.39. The Morgan fingerprint density at radius 1 is 1.32 bits per heavy atom. The summed E-state index contributed by atoms with van der Waals surface area (Å²) in [7, 11) is 0. The molecule has 98 valence electrons. The van der Waals surface area contributed by atoms with Crippen molar-refractivity contribution in [1.29, 1.82) is 0 Å². The number of nitrogens with zero attached hydrogens (tertiary/aromatic N) is 1. The Labute approximate surface area is 119 Å². The van der Waals surface area contributed by atoms with Gasteiger partial charge in [0, 0.05) is 27.4 Å². The number of aromatic nitrogens is 1. The third kappa shape index (κ3) is 2.97. The summed E-state index contributed by atoms with van der Waals surface area (Å²) < 4.78 is 0. The number of benzene rings is 1. The number of aliphatic carboxylic acids is 1. The predicted octanol–water partition coefficient (Wildman–Crippen LogP) is 3.26. The van der Waals surface area contributed by atoms with Gasteiger partial charge in [0.05, 0.1) is 6.42 Å². The Balaban J connectivity index is 2.64. The van der Waals surface area contributed by atoms with E-state index in [0.717, 1.165) is 0 Å². The van der Waals surface area contributed by atoms with Crippen molar-refractivity contribution in [2.24, 2.45) is 0 Å². The van der Waals surface area contributed by atoms with E-state index >= 15 is 0 Å². The largest absolute Gasteiger partial charge is 0.481 e. The highest BCUT2D eigenvalue weighted by Gasteiger charge is 2.15. The number of pyridine rings is 1. The van der Waals surface area contributed by atoms with Crippen molar-refractivity contribution in [3.63, 3.8) is 0 Å². The molecule has 0 atom stereocenters. The number of rotatable bonds is 3. The number of carboxylic acids is 1. The Morgan fingerprint density at radius 3 is 2.53 bits per heavy atom. The van der Waals surface area contributed by atoms with Crippen molar-refractivity contribution < 1.29 is 9.90 Å². The zero-order chi connectivity index (χ0) is 14.0. The molecule has 0 aliphatic carbocycles. The highest BCUT2D eigenvalue weighted by Crippen LogP contribution is 2.36. The summed E-state index contributed by atoms with van der Waals surface area (Å²) in [5.74, 6) is -0.710. The topological polar surface area (TPSA) is 76.2 Å². The maximum Gasteiger partial charge on any atom is 0.307 e. The number of nitrogen functional groups attached to an aromatic ring is 1. The minimum Gasteiger partial charge on any atom is -0.481 e. The van der Waals surface area contributed by atoms with Crippen LogP contribution in [0.5, 0.6) is 0 Å². The molecule has 19 heavy (non-hydrogen) atoms. The zero-order valence-corrected chi connectivity index (χ0v) is 11.2. The molecule has 0 spiro atoms. The molecule has 0 fully saturated rings. The van der Waals surface area contributed by atoms with Gasteiger partial charge in [-0.25, -0.2) is 4.98 Å². The molecule has 0 aliphatic rings. The number of nitrogens with two attached hydrogens (primary N) is 1. The fourth-order valence-electron chi connectivity index (χ4n) is 1.80. The molecule has 0 radical (unpaired) electrons. The molecule has 1 aromatic heterocycles. The maximum absolute atomic E-state index is 10.9. The second kappa shape index (κ2) is 5.47. The van der Waals surface area contributed by atoms with E-state index in [0.29, 0.717) is 26.7 Å². The summed E-state index contributed by atoms with van der Waals surface area (Å²) in [6, 6.07) is 6.60. The van der Waals surface area contributed by atoms with E-state index in [-0.39, 0.29) is 12.2 Å².